The standard InChI is InChI=1S/C54H64F2N8O7/c1-30-40(55)27-43-46(45(30)47-39(49(57)66)16-17-42(70-4)48(47)56)31(2)54(71-43,36-8-6-5-7-9-36)29-58-37-13-10-33(11-14-37)51(67)63-24-20-35(28-63)52(68)62-22-18-32(19-23-62)34-12-15-38-41(26-34)61(3)60-50(38)64-25-21-44(65)59-53(64)69/h5-9,12,15-17,26-27,31-33,35,37,52-53,58,68-69H,10-11,13-14,18-25,28-29H2,1-4H3,(H2,57,66)(H,59,65). The van der Waals surface area contributed by atoms with Gasteiger partial charge in [0.2, 0.25) is 24.1 Å². The molecule has 1 aromatic heterocycles. The Labute approximate surface area is 412 Å². The summed E-state index contributed by atoms with van der Waals surface area (Å²) in [5.41, 5.74) is 8.52. The van der Waals surface area contributed by atoms with Crippen LogP contribution in [0.5, 0.6) is 11.5 Å². The molecule has 5 aromatic rings. The lowest BCUT2D eigenvalue weighted by Crippen LogP contribution is -2.54. The third-order valence-electron chi connectivity index (χ3n) is 16.4. The summed E-state index contributed by atoms with van der Waals surface area (Å²) < 4.78 is 46.2. The number of aliphatic hydroxyl groups excluding tert-OH is 2. The van der Waals surface area contributed by atoms with Gasteiger partial charge in [0.05, 0.1) is 18.2 Å². The summed E-state index contributed by atoms with van der Waals surface area (Å²) in [6.07, 6.45) is 4.03. The topological polar surface area (TPSA) is 188 Å². The Morgan fingerprint density at radius 3 is 2.44 bits per heavy atom. The van der Waals surface area contributed by atoms with Crippen LogP contribution in [0.15, 0.2) is 66.7 Å². The molecule has 10 rings (SSSR count). The van der Waals surface area contributed by atoms with Crippen molar-refractivity contribution in [2.45, 2.75) is 101 Å². The largest absolute Gasteiger partial charge is 0.494 e. The Kier molecular flexibility index (Phi) is 13.3. The molecule has 5 aliphatic rings. The van der Waals surface area contributed by atoms with Gasteiger partial charge in [-0.1, -0.05) is 43.3 Å². The third-order valence-corrected chi connectivity index (χ3v) is 16.4. The molecule has 4 aromatic carbocycles. The van der Waals surface area contributed by atoms with Gasteiger partial charge in [-0.3, -0.25) is 24.0 Å². The number of piperidine rings is 1. The summed E-state index contributed by atoms with van der Waals surface area (Å²) in [4.78, 5) is 44.4. The first-order valence-corrected chi connectivity index (χ1v) is 25.1. The first kappa shape index (κ1) is 48.5. The van der Waals surface area contributed by atoms with E-state index < -0.39 is 41.6 Å². The molecule has 6 N–H and O–H groups in total. The van der Waals surface area contributed by atoms with Crippen LogP contribution in [0.4, 0.5) is 14.6 Å². The van der Waals surface area contributed by atoms with Crippen molar-refractivity contribution in [3.63, 3.8) is 0 Å². The molecule has 0 radical (unpaired) electrons. The van der Waals surface area contributed by atoms with Gasteiger partial charge in [-0.15, -0.1) is 0 Å². The first-order valence-electron chi connectivity index (χ1n) is 25.1. The number of anilines is 1. The van der Waals surface area contributed by atoms with Gasteiger partial charge in [0, 0.05) is 99.1 Å². The van der Waals surface area contributed by atoms with Gasteiger partial charge >= 0.3 is 0 Å². The van der Waals surface area contributed by atoms with E-state index >= 15 is 8.78 Å². The van der Waals surface area contributed by atoms with Gasteiger partial charge < -0.3 is 45.9 Å². The van der Waals surface area contributed by atoms with Gasteiger partial charge in [0.15, 0.2) is 23.0 Å². The van der Waals surface area contributed by atoms with Crippen LogP contribution < -0.4 is 30.7 Å². The fourth-order valence-electron chi connectivity index (χ4n) is 12.3. The molecule has 3 amide bonds. The lowest BCUT2D eigenvalue weighted by atomic mass is 9.76. The number of primary amides is 1. The number of hydrogen-bond donors (Lipinski definition) is 5. The van der Waals surface area contributed by atoms with Crippen molar-refractivity contribution in [3.05, 3.63) is 106 Å². The quantitative estimate of drug-likeness (QED) is 0.0970. The fraction of sp³-hybridized carbons (Fsp3) is 0.481. The Morgan fingerprint density at radius 1 is 0.986 bits per heavy atom. The zero-order valence-corrected chi connectivity index (χ0v) is 40.8. The number of aliphatic hydroxyl groups is 2. The van der Waals surface area contributed by atoms with Crippen LogP contribution >= 0.6 is 0 Å². The number of methoxy groups -OCH3 is 1. The summed E-state index contributed by atoms with van der Waals surface area (Å²) in [7, 11) is 3.22. The Morgan fingerprint density at radius 2 is 1.73 bits per heavy atom. The molecule has 376 valence electrons. The maximum absolute atomic E-state index is 16.3. The number of aryl methyl sites for hydroxylation is 1. The highest BCUT2D eigenvalue weighted by Crippen LogP contribution is 2.56. The van der Waals surface area contributed by atoms with E-state index in [1.54, 1.807) is 11.8 Å². The summed E-state index contributed by atoms with van der Waals surface area (Å²) in [5, 5.41) is 34.1. The molecule has 71 heavy (non-hydrogen) atoms. The summed E-state index contributed by atoms with van der Waals surface area (Å²) in [6, 6.07) is 20.2. The predicted octanol–water partition coefficient (Wildman–Crippen LogP) is 6.12. The maximum atomic E-state index is 16.3. The van der Waals surface area contributed by atoms with Crippen molar-refractivity contribution in [1.29, 1.82) is 0 Å². The van der Waals surface area contributed by atoms with Crippen LogP contribution in [0.1, 0.15) is 103 Å². The minimum absolute atomic E-state index is 0.0279. The molecular weight excluding hydrogens is 911 g/mol. The van der Waals surface area contributed by atoms with Crippen molar-refractivity contribution in [1.82, 2.24) is 30.2 Å². The lowest BCUT2D eigenvalue weighted by Gasteiger charge is -2.38. The number of nitrogens with two attached hydrogens (primary N) is 1. The van der Waals surface area contributed by atoms with Crippen molar-refractivity contribution < 1.29 is 42.9 Å². The number of benzene rings is 4. The van der Waals surface area contributed by atoms with Gasteiger partial charge in [-0.25, -0.2) is 8.78 Å². The SMILES string of the molecule is COc1ccc(C(N)=O)c(-c2c(C)c(F)cc3c2C(C)C(CNC2CCC(C(=O)N4CCC(C(O)N5CCC(c6ccc7c(N8CCC(=O)NC8O)nn(C)c7c6)CC5)C4)CC2)(c2ccccc2)O3)c1F. The first-order chi connectivity index (χ1) is 34.2. The normalized spacial score (nSPS) is 25.5. The molecule has 3 saturated heterocycles. The second kappa shape index (κ2) is 19.5. The summed E-state index contributed by atoms with van der Waals surface area (Å²) in [6.45, 7) is 6.93. The number of carbonyl (C=O) groups excluding carboxylic acids is 3. The third kappa shape index (κ3) is 8.78. The second-order valence-corrected chi connectivity index (χ2v) is 20.3. The number of nitrogens with zero attached hydrogens (tertiary/aromatic N) is 5. The highest BCUT2D eigenvalue weighted by atomic mass is 19.1. The Bertz CT molecular complexity index is 2850. The van der Waals surface area contributed by atoms with Crippen molar-refractivity contribution in [2.24, 2.45) is 24.6 Å². The number of amides is 3. The number of ether oxygens (including phenoxy) is 2. The molecule has 5 unspecified atom stereocenters. The number of halogens is 2. The van der Waals surface area contributed by atoms with Crippen LogP contribution in [-0.4, -0.2) is 113 Å². The van der Waals surface area contributed by atoms with Gasteiger partial charge in [0.25, 0.3) is 0 Å². The number of likely N-dealkylation sites (tertiary alicyclic amines) is 2. The minimum Gasteiger partial charge on any atom is -0.494 e. The monoisotopic (exact) mass is 974 g/mol. The molecular formula is C54H64F2N8O7. The number of fused-ring (bicyclic) bond motifs is 2. The summed E-state index contributed by atoms with van der Waals surface area (Å²) in [5.74, 6) is -1.77. The highest BCUT2D eigenvalue weighted by molar-refractivity contribution is 6.01. The van der Waals surface area contributed by atoms with E-state index in [9.17, 15) is 24.6 Å². The van der Waals surface area contributed by atoms with Crippen LogP contribution in [0.2, 0.25) is 0 Å². The Hall–Kier alpha value is -6.14. The molecule has 0 bridgehead atoms. The van der Waals surface area contributed by atoms with E-state index in [1.165, 1.54) is 30.9 Å². The van der Waals surface area contributed by atoms with Crippen LogP contribution in [-0.2, 0) is 22.2 Å². The smallest absolute Gasteiger partial charge is 0.249 e. The predicted molar refractivity (Wildman–Crippen MR) is 264 cm³/mol. The average Bonchev–Trinajstić information content (AvgIpc) is 4.08. The van der Waals surface area contributed by atoms with Gasteiger partial charge in [-0.05, 0) is 104 Å². The number of rotatable bonds is 12. The molecule has 1 aliphatic carbocycles. The maximum Gasteiger partial charge on any atom is 0.249 e. The number of aromatic nitrogens is 2. The average molecular weight is 975 g/mol. The minimum atomic E-state index is -1.12. The fourth-order valence-corrected chi connectivity index (χ4v) is 12.3. The van der Waals surface area contributed by atoms with Crippen molar-refractivity contribution in [2.75, 3.05) is 51.3 Å². The van der Waals surface area contributed by atoms with Crippen LogP contribution in [0.25, 0.3) is 22.0 Å². The van der Waals surface area contributed by atoms with Crippen LogP contribution in [0.3, 0.4) is 0 Å². The Balaban J connectivity index is 0.752. The zero-order chi connectivity index (χ0) is 49.9. The van der Waals surface area contributed by atoms with Gasteiger partial charge in [-0.2, -0.15) is 5.10 Å². The summed E-state index contributed by atoms with van der Waals surface area (Å²) >= 11 is 0. The van der Waals surface area contributed by atoms with E-state index in [1.807, 2.05) is 53.9 Å². The van der Waals surface area contributed by atoms with Crippen LogP contribution in [0, 0.1) is 30.4 Å². The number of hydrogen-bond acceptors (Lipinski definition) is 11. The van der Waals surface area contributed by atoms with Crippen molar-refractivity contribution >= 4 is 34.4 Å². The van der Waals surface area contributed by atoms with E-state index in [0.717, 1.165) is 61.7 Å². The molecule has 17 heteroatoms. The van der Waals surface area contributed by atoms with Gasteiger partial charge in [0.1, 0.15) is 17.8 Å². The molecule has 5 heterocycles. The number of carbonyl (C=O) groups is 3. The molecule has 0 spiro atoms. The van der Waals surface area contributed by atoms with E-state index in [4.69, 9.17) is 20.3 Å². The highest BCUT2D eigenvalue weighted by Gasteiger charge is 2.50. The lowest BCUT2D eigenvalue weighted by molar-refractivity contribution is -0.136. The molecule has 1 saturated carbocycles. The van der Waals surface area contributed by atoms with E-state index in [-0.39, 0.29) is 69.9 Å². The second-order valence-electron chi connectivity index (χ2n) is 20.3. The molecule has 4 fully saturated rings. The zero-order valence-electron chi connectivity index (χ0n) is 40.8. The molecule has 15 nitrogen and oxygen atoms in total. The van der Waals surface area contributed by atoms with E-state index in [2.05, 4.69) is 33.7 Å². The molecule has 5 atom stereocenters. The van der Waals surface area contributed by atoms with Crippen molar-refractivity contribution in [3.8, 4) is 22.6 Å². The number of nitrogens with one attached hydrogen (secondary N) is 2. The molecule has 4 aliphatic heterocycles. The van der Waals surface area contributed by atoms with E-state index in [0.29, 0.717) is 56.3 Å².